The standard InChI is InChI=1S/C14H25N3O3/c1-15(2)14(7-5-8-14)10-16(3)13(20)17-9-4-6-11(17)12(18)19/h11H,4-10H2,1-3H3,(H,18,19)/t11-/m1/s1. The van der Waals surface area contributed by atoms with Gasteiger partial charge in [0.05, 0.1) is 0 Å². The Hall–Kier alpha value is -1.30. The Labute approximate surface area is 120 Å². The van der Waals surface area contributed by atoms with Crippen molar-refractivity contribution in [3.05, 3.63) is 0 Å². The molecule has 20 heavy (non-hydrogen) atoms. The highest BCUT2D eigenvalue weighted by Crippen LogP contribution is 2.37. The van der Waals surface area contributed by atoms with Crippen molar-refractivity contribution in [2.75, 3.05) is 34.2 Å². The maximum atomic E-state index is 12.5. The summed E-state index contributed by atoms with van der Waals surface area (Å²) in [6.07, 6.45) is 4.73. The van der Waals surface area contributed by atoms with Crippen LogP contribution in [0.25, 0.3) is 0 Å². The molecule has 6 nitrogen and oxygen atoms in total. The van der Waals surface area contributed by atoms with Crippen molar-refractivity contribution < 1.29 is 14.7 Å². The number of amides is 2. The lowest BCUT2D eigenvalue weighted by molar-refractivity contribution is -0.141. The van der Waals surface area contributed by atoms with Gasteiger partial charge in [-0.1, -0.05) is 0 Å². The van der Waals surface area contributed by atoms with Crippen LogP contribution in [0, 0.1) is 0 Å². The molecule has 1 N–H and O–H groups in total. The van der Waals surface area contributed by atoms with Gasteiger partial charge in [0.1, 0.15) is 6.04 Å². The van der Waals surface area contributed by atoms with E-state index in [1.54, 1.807) is 11.9 Å². The summed E-state index contributed by atoms with van der Waals surface area (Å²) < 4.78 is 0. The highest BCUT2D eigenvalue weighted by atomic mass is 16.4. The van der Waals surface area contributed by atoms with Crippen molar-refractivity contribution in [2.24, 2.45) is 0 Å². The number of nitrogens with zero attached hydrogens (tertiary/aromatic N) is 3. The lowest BCUT2D eigenvalue weighted by atomic mass is 9.75. The van der Waals surface area contributed by atoms with Crippen LogP contribution in [0.1, 0.15) is 32.1 Å². The fourth-order valence-corrected chi connectivity index (χ4v) is 3.31. The second kappa shape index (κ2) is 5.60. The molecule has 0 aromatic heterocycles. The van der Waals surface area contributed by atoms with E-state index in [0.717, 1.165) is 19.3 Å². The highest BCUT2D eigenvalue weighted by molar-refractivity contribution is 5.83. The lowest BCUT2D eigenvalue weighted by Gasteiger charge is -2.49. The molecule has 1 atom stereocenters. The van der Waals surface area contributed by atoms with Gasteiger partial charge < -0.3 is 19.8 Å². The molecule has 1 heterocycles. The summed E-state index contributed by atoms with van der Waals surface area (Å²) in [5.41, 5.74) is 0.0723. The maximum Gasteiger partial charge on any atom is 0.326 e. The molecule has 0 bridgehead atoms. The smallest absolute Gasteiger partial charge is 0.326 e. The third kappa shape index (κ3) is 2.61. The Bertz CT molecular complexity index is 393. The number of hydrogen-bond donors (Lipinski definition) is 1. The fraction of sp³-hybridized carbons (Fsp3) is 0.857. The van der Waals surface area contributed by atoms with Gasteiger partial charge in [0.15, 0.2) is 0 Å². The maximum absolute atomic E-state index is 12.5. The molecule has 2 rings (SSSR count). The Morgan fingerprint density at radius 1 is 1.25 bits per heavy atom. The van der Waals surface area contributed by atoms with Crippen LogP contribution >= 0.6 is 0 Å². The van der Waals surface area contributed by atoms with E-state index < -0.39 is 12.0 Å². The highest BCUT2D eigenvalue weighted by Gasteiger charge is 2.42. The number of rotatable bonds is 4. The molecule has 1 aliphatic heterocycles. The molecule has 0 radical (unpaired) electrons. The van der Waals surface area contributed by atoms with E-state index in [4.69, 9.17) is 0 Å². The first-order chi connectivity index (χ1) is 9.37. The minimum Gasteiger partial charge on any atom is -0.480 e. The average molecular weight is 283 g/mol. The van der Waals surface area contributed by atoms with Crippen LogP contribution in [0.5, 0.6) is 0 Å². The molecular formula is C14H25N3O3. The lowest BCUT2D eigenvalue weighted by Crippen LogP contribution is -2.59. The van der Waals surface area contributed by atoms with Gasteiger partial charge in [-0.2, -0.15) is 0 Å². The first-order valence-corrected chi connectivity index (χ1v) is 7.29. The van der Waals surface area contributed by atoms with Gasteiger partial charge in [0.25, 0.3) is 0 Å². The van der Waals surface area contributed by atoms with E-state index in [2.05, 4.69) is 4.90 Å². The van der Waals surface area contributed by atoms with Crippen LogP contribution in [0.2, 0.25) is 0 Å². The first kappa shape index (κ1) is 15.1. The summed E-state index contributed by atoms with van der Waals surface area (Å²) in [6, 6.07) is -0.801. The average Bonchev–Trinajstić information content (AvgIpc) is 2.81. The Morgan fingerprint density at radius 3 is 2.35 bits per heavy atom. The van der Waals surface area contributed by atoms with Crippen molar-refractivity contribution in [1.29, 1.82) is 0 Å². The monoisotopic (exact) mass is 283 g/mol. The number of carboxylic acid groups (broad SMARTS) is 1. The third-order valence-electron chi connectivity index (χ3n) is 4.87. The molecule has 2 amide bonds. The van der Waals surface area contributed by atoms with Crippen molar-refractivity contribution in [3.63, 3.8) is 0 Å². The quantitative estimate of drug-likeness (QED) is 0.838. The second-order valence-electron chi connectivity index (χ2n) is 6.30. The number of likely N-dealkylation sites (N-methyl/N-ethyl adjacent to an activating group) is 2. The van der Waals surface area contributed by atoms with Gasteiger partial charge in [0, 0.05) is 25.7 Å². The largest absolute Gasteiger partial charge is 0.480 e. The Morgan fingerprint density at radius 2 is 1.90 bits per heavy atom. The summed E-state index contributed by atoms with van der Waals surface area (Å²) in [6.45, 7) is 1.22. The predicted octanol–water partition coefficient (Wildman–Crippen LogP) is 1.07. The van der Waals surface area contributed by atoms with Crippen LogP contribution in [-0.2, 0) is 4.79 Å². The Kier molecular flexibility index (Phi) is 4.22. The minimum atomic E-state index is -0.893. The third-order valence-corrected chi connectivity index (χ3v) is 4.87. The fourth-order valence-electron chi connectivity index (χ4n) is 3.31. The molecular weight excluding hydrogens is 258 g/mol. The summed E-state index contributed by atoms with van der Waals surface area (Å²) in [5.74, 6) is -0.893. The van der Waals surface area contributed by atoms with E-state index in [1.807, 2.05) is 14.1 Å². The van der Waals surface area contributed by atoms with E-state index in [9.17, 15) is 14.7 Å². The molecule has 0 spiro atoms. The number of urea groups is 1. The van der Waals surface area contributed by atoms with Crippen LogP contribution in [0.4, 0.5) is 4.79 Å². The number of likely N-dealkylation sites (tertiary alicyclic amines) is 1. The molecule has 0 aromatic rings. The minimum absolute atomic E-state index is 0.0723. The molecule has 2 aliphatic rings. The molecule has 0 aromatic carbocycles. The topological polar surface area (TPSA) is 64.1 Å². The van der Waals surface area contributed by atoms with Gasteiger partial charge >= 0.3 is 12.0 Å². The zero-order chi connectivity index (χ0) is 14.9. The molecule has 2 fully saturated rings. The van der Waals surface area contributed by atoms with Crippen LogP contribution in [-0.4, -0.2) is 77.6 Å². The van der Waals surface area contributed by atoms with Crippen molar-refractivity contribution in [2.45, 2.75) is 43.7 Å². The number of aliphatic carboxylic acids is 1. The summed E-state index contributed by atoms with van der Waals surface area (Å²) in [7, 11) is 5.88. The number of carbonyl (C=O) groups is 2. The molecule has 6 heteroatoms. The second-order valence-corrected chi connectivity index (χ2v) is 6.30. The van der Waals surface area contributed by atoms with Crippen molar-refractivity contribution in [3.8, 4) is 0 Å². The number of carboxylic acids is 1. The van der Waals surface area contributed by atoms with Gasteiger partial charge in [-0.25, -0.2) is 9.59 Å². The zero-order valence-electron chi connectivity index (χ0n) is 12.6. The van der Waals surface area contributed by atoms with Crippen LogP contribution in [0.15, 0.2) is 0 Å². The van der Waals surface area contributed by atoms with Gasteiger partial charge in [-0.05, 0) is 46.2 Å². The van der Waals surface area contributed by atoms with Gasteiger partial charge in [-0.3, -0.25) is 0 Å². The van der Waals surface area contributed by atoms with Crippen LogP contribution < -0.4 is 0 Å². The first-order valence-electron chi connectivity index (χ1n) is 7.29. The molecule has 1 saturated heterocycles. The Balaban J connectivity index is 2.00. The van der Waals surface area contributed by atoms with E-state index in [1.165, 1.54) is 11.3 Å². The van der Waals surface area contributed by atoms with Crippen molar-refractivity contribution >= 4 is 12.0 Å². The van der Waals surface area contributed by atoms with Gasteiger partial charge in [0.2, 0.25) is 0 Å². The molecule has 114 valence electrons. The predicted molar refractivity (Wildman–Crippen MR) is 75.7 cm³/mol. The van der Waals surface area contributed by atoms with E-state index in [-0.39, 0.29) is 11.6 Å². The van der Waals surface area contributed by atoms with Crippen molar-refractivity contribution in [1.82, 2.24) is 14.7 Å². The molecule has 1 saturated carbocycles. The number of hydrogen-bond acceptors (Lipinski definition) is 3. The summed E-state index contributed by atoms with van der Waals surface area (Å²) in [5, 5.41) is 9.17. The van der Waals surface area contributed by atoms with E-state index >= 15 is 0 Å². The molecule has 0 unspecified atom stereocenters. The number of carbonyl (C=O) groups excluding carboxylic acids is 1. The normalized spacial score (nSPS) is 24.6. The summed E-state index contributed by atoms with van der Waals surface area (Å²) >= 11 is 0. The molecule has 1 aliphatic carbocycles. The van der Waals surface area contributed by atoms with Crippen LogP contribution in [0.3, 0.4) is 0 Å². The van der Waals surface area contributed by atoms with E-state index in [0.29, 0.717) is 19.5 Å². The summed E-state index contributed by atoms with van der Waals surface area (Å²) in [4.78, 5) is 29.0. The SMILES string of the molecule is CN(CC1(N(C)C)CCC1)C(=O)N1CCC[C@@H]1C(=O)O. The zero-order valence-corrected chi connectivity index (χ0v) is 12.6. The van der Waals surface area contributed by atoms with Gasteiger partial charge in [-0.15, -0.1) is 0 Å².